The topological polar surface area (TPSA) is 37.4 Å². The molecule has 0 aliphatic rings. The summed E-state index contributed by atoms with van der Waals surface area (Å²) < 4.78 is 28.0. The van der Waals surface area contributed by atoms with Crippen LogP contribution in [-0.4, -0.2) is 25.8 Å². The van der Waals surface area contributed by atoms with Gasteiger partial charge >= 0.3 is 0 Å². The first-order valence-corrected chi connectivity index (χ1v) is 12.3. The normalized spacial score (nSPS) is 10.8. The Morgan fingerprint density at radius 3 is 1.39 bits per heavy atom. The van der Waals surface area contributed by atoms with E-state index in [-0.39, 0.29) is 18.0 Å². The maximum Gasteiger partial charge on any atom is 0.244 e. The molecule has 4 heteroatoms. The molecule has 0 saturated heterocycles. The van der Waals surface area contributed by atoms with Gasteiger partial charge in [0.2, 0.25) is 10.0 Å². The van der Waals surface area contributed by atoms with Crippen LogP contribution in [0.4, 0.5) is 0 Å². The van der Waals surface area contributed by atoms with Gasteiger partial charge in [-0.15, -0.1) is 0 Å². The molecule has 0 radical (unpaired) electrons. The number of nitrogens with zero attached hydrogens (tertiary/aromatic N) is 1. The van der Waals surface area contributed by atoms with Gasteiger partial charge in [-0.3, -0.25) is 0 Å². The molecule has 0 amide bonds. The van der Waals surface area contributed by atoms with Crippen LogP contribution in [0.25, 0.3) is 0 Å². The smallest absolute Gasteiger partial charge is 0.207 e. The lowest BCUT2D eigenvalue weighted by Crippen LogP contribution is -2.32. The minimum atomic E-state index is -3.73. The molecule has 0 unspecified atom stereocenters. The first-order valence-electron chi connectivity index (χ1n) is 10.8. The van der Waals surface area contributed by atoms with Gasteiger partial charge < -0.3 is 0 Å². The van der Waals surface area contributed by atoms with Crippen LogP contribution < -0.4 is 0 Å². The molecule has 0 spiro atoms. The molecule has 3 aromatic rings. The second kappa shape index (κ2) is 10.5. The summed E-state index contributed by atoms with van der Waals surface area (Å²) in [5.74, 6) is 12.3. The molecule has 0 fully saturated rings. The van der Waals surface area contributed by atoms with E-state index >= 15 is 0 Å². The van der Waals surface area contributed by atoms with Crippen molar-refractivity contribution < 1.29 is 8.42 Å². The fraction of sp³-hybridized carbons (Fsp3) is 0.241. The van der Waals surface area contributed by atoms with E-state index in [4.69, 9.17) is 0 Å². The predicted molar refractivity (Wildman–Crippen MR) is 136 cm³/mol. The van der Waals surface area contributed by atoms with Gasteiger partial charge in [-0.25, -0.2) is 8.42 Å². The van der Waals surface area contributed by atoms with Crippen LogP contribution in [0.2, 0.25) is 0 Å². The standard InChI is InChI=1S/C29H29NO2S/c1-22-10-12-29(13-11-22)33(31,32)30(14-6-8-27-18-23(2)16-24(3)19-27)15-7-9-28-20-25(4)17-26(5)21-28/h10-13,16-21H,14-15H2,1-5H3. The van der Waals surface area contributed by atoms with Gasteiger partial charge in [0, 0.05) is 11.1 Å². The van der Waals surface area contributed by atoms with E-state index in [0.717, 1.165) is 38.9 Å². The third kappa shape index (κ3) is 6.83. The Balaban J connectivity index is 1.90. The van der Waals surface area contributed by atoms with E-state index in [9.17, 15) is 8.42 Å². The van der Waals surface area contributed by atoms with Crippen LogP contribution in [0, 0.1) is 58.3 Å². The van der Waals surface area contributed by atoms with Crippen LogP contribution in [-0.2, 0) is 10.0 Å². The van der Waals surface area contributed by atoms with Crippen molar-refractivity contribution in [3.05, 3.63) is 99.6 Å². The summed E-state index contributed by atoms with van der Waals surface area (Å²) in [6.07, 6.45) is 0. The third-order valence-corrected chi connectivity index (χ3v) is 6.88. The van der Waals surface area contributed by atoms with Crippen LogP contribution >= 0.6 is 0 Å². The third-order valence-electron chi connectivity index (χ3n) is 5.08. The van der Waals surface area contributed by atoms with Crippen molar-refractivity contribution in [2.75, 3.05) is 13.1 Å². The largest absolute Gasteiger partial charge is 0.244 e. The van der Waals surface area contributed by atoms with Crippen molar-refractivity contribution in [3.8, 4) is 23.7 Å². The molecule has 33 heavy (non-hydrogen) atoms. The number of rotatable bonds is 4. The van der Waals surface area contributed by atoms with Crippen LogP contribution in [0.15, 0.2) is 65.6 Å². The van der Waals surface area contributed by atoms with Gasteiger partial charge in [0.05, 0.1) is 18.0 Å². The van der Waals surface area contributed by atoms with Crippen molar-refractivity contribution in [3.63, 3.8) is 0 Å². The van der Waals surface area contributed by atoms with E-state index in [0.29, 0.717) is 0 Å². The van der Waals surface area contributed by atoms with Gasteiger partial charge in [-0.05, 0) is 93.3 Å². The summed E-state index contributed by atoms with van der Waals surface area (Å²) in [5, 5.41) is 0. The van der Waals surface area contributed by atoms with Crippen molar-refractivity contribution >= 4 is 10.0 Å². The lowest BCUT2D eigenvalue weighted by atomic mass is 10.1. The number of hydrogen-bond donors (Lipinski definition) is 0. The Bertz CT molecular complexity index is 1270. The summed E-state index contributed by atoms with van der Waals surface area (Å²) in [4.78, 5) is 0.245. The molecule has 0 bridgehead atoms. The lowest BCUT2D eigenvalue weighted by Gasteiger charge is -2.17. The molecule has 3 rings (SSSR count). The second-order valence-electron chi connectivity index (χ2n) is 8.44. The molecular weight excluding hydrogens is 426 g/mol. The van der Waals surface area contributed by atoms with Gasteiger partial charge in [-0.2, -0.15) is 4.31 Å². The van der Waals surface area contributed by atoms with E-state index < -0.39 is 10.0 Å². The summed E-state index contributed by atoms with van der Waals surface area (Å²) in [7, 11) is -3.73. The number of hydrogen-bond acceptors (Lipinski definition) is 2. The highest BCUT2D eigenvalue weighted by Crippen LogP contribution is 2.16. The van der Waals surface area contributed by atoms with Gasteiger partial charge in [0.25, 0.3) is 0 Å². The summed E-state index contributed by atoms with van der Waals surface area (Å²) in [6.45, 7) is 10.1. The first-order chi connectivity index (χ1) is 15.6. The highest BCUT2D eigenvalue weighted by molar-refractivity contribution is 7.89. The summed E-state index contributed by atoms with van der Waals surface area (Å²) >= 11 is 0. The minimum Gasteiger partial charge on any atom is -0.207 e. The zero-order valence-electron chi connectivity index (χ0n) is 19.9. The molecule has 3 nitrogen and oxygen atoms in total. The molecule has 0 N–H and O–H groups in total. The van der Waals surface area contributed by atoms with Crippen LogP contribution in [0.5, 0.6) is 0 Å². The number of benzene rings is 3. The average Bonchev–Trinajstić information content (AvgIpc) is 2.71. The van der Waals surface area contributed by atoms with Crippen molar-refractivity contribution in [2.45, 2.75) is 39.5 Å². The molecule has 0 heterocycles. The first kappa shape index (κ1) is 24.3. The molecule has 0 aliphatic carbocycles. The maximum absolute atomic E-state index is 13.3. The lowest BCUT2D eigenvalue weighted by molar-refractivity contribution is 0.482. The Hall–Kier alpha value is -3.31. The molecule has 0 saturated carbocycles. The molecule has 3 aromatic carbocycles. The average molecular weight is 456 g/mol. The summed E-state index contributed by atoms with van der Waals surface area (Å²) in [5.41, 5.74) is 7.27. The van der Waals surface area contributed by atoms with Crippen LogP contribution in [0.1, 0.15) is 38.9 Å². The van der Waals surface area contributed by atoms with E-state index in [1.165, 1.54) is 4.31 Å². The number of aryl methyl sites for hydroxylation is 5. The SMILES string of the molecule is Cc1ccc(S(=O)(=O)N(CC#Cc2cc(C)cc(C)c2)CC#Cc2cc(C)cc(C)c2)cc1. The van der Waals surface area contributed by atoms with Crippen molar-refractivity contribution in [1.82, 2.24) is 4.31 Å². The summed E-state index contributed by atoms with van der Waals surface area (Å²) in [6, 6.07) is 19.0. The van der Waals surface area contributed by atoms with Crippen molar-refractivity contribution in [1.29, 1.82) is 0 Å². The van der Waals surface area contributed by atoms with Crippen LogP contribution in [0.3, 0.4) is 0 Å². The fourth-order valence-electron chi connectivity index (χ4n) is 3.64. The molecule has 168 valence electrons. The van der Waals surface area contributed by atoms with Gasteiger partial charge in [0.15, 0.2) is 0 Å². The molecule has 0 aliphatic heterocycles. The van der Waals surface area contributed by atoms with E-state index in [1.807, 2.05) is 58.9 Å². The Morgan fingerprint density at radius 1 is 0.606 bits per heavy atom. The minimum absolute atomic E-state index is 0.0602. The Morgan fingerprint density at radius 2 is 1.00 bits per heavy atom. The molecular formula is C29H29NO2S. The van der Waals surface area contributed by atoms with Crippen molar-refractivity contribution in [2.24, 2.45) is 0 Å². The van der Waals surface area contributed by atoms with Gasteiger partial charge in [-0.1, -0.05) is 53.5 Å². The Labute approximate surface area is 198 Å². The zero-order chi connectivity index (χ0) is 24.0. The molecule has 0 atom stereocenters. The highest BCUT2D eigenvalue weighted by Gasteiger charge is 2.22. The van der Waals surface area contributed by atoms with E-state index in [2.05, 4.69) is 35.8 Å². The number of sulfonamides is 1. The second-order valence-corrected chi connectivity index (χ2v) is 10.4. The maximum atomic E-state index is 13.3. The van der Waals surface area contributed by atoms with E-state index in [1.54, 1.807) is 24.3 Å². The fourth-order valence-corrected chi connectivity index (χ4v) is 4.89. The van der Waals surface area contributed by atoms with Gasteiger partial charge in [0.1, 0.15) is 0 Å². The monoisotopic (exact) mass is 455 g/mol. The quantitative estimate of drug-likeness (QED) is 0.499. The predicted octanol–water partition coefficient (Wildman–Crippen LogP) is 5.32. The zero-order valence-corrected chi connectivity index (χ0v) is 20.7. The Kier molecular flexibility index (Phi) is 7.77. The highest BCUT2D eigenvalue weighted by atomic mass is 32.2. The molecule has 0 aromatic heterocycles.